The van der Waals surface area contributed by atoms with E-state index in [-0.39, 0.29) is 18.4 Å². The van der Waals surface area contributed by atoms with Crippen molar-refractivity contribution >= 4 is 22.7 Å². The molecule has 3 rings (SSSR count). The van der Waals surface area contributed by atoms with E-state index in [1.165, 1.54) is 0 Å². The number of para-hydroxylation sites is 1. The van der Waals surface area contributed by atoms with Crippen molar-refractivity contribution in [3.8, 4) is 0 Å². The number of nitrogens with one attached hydrogen (secondary N) is 3. The summed E-state index contributed by atoms with van der Waals surface area (Å²) < 4.78 is 0. The fourth-order valence-corrected chi connectivity index (χ4v) is 2.80. The van der Waals surface area contributed by atoms with Gasteiger partial charge in [-0.2, -0.15) is 0 Å². The summed E-state index contributed by atoms with van der Waals surface area (Å²) in [5.74, 6) is -1.01. The molecule has 4 N–H and O–H groups in total. The molecule has 0 bridgehead atoms. The first-order valence-electron chi connectivity index (χ1n) is 7.46. The van der Waals surface area contributed by atoms with E-state index in [9.17, 15) is 14.7 Å². The zero-order valence-electron chi connectivity index (χ0n) is 12.1. The van der Waals surface area contributed by atoms with Gasteiger partial charge in [-0.3, -0.25) is 14.9 Å². The Kier molecular flexibility index (Phi) is 4.22. The van der Waals surface area contributed by atoms with Gasteiger partial charge in [0.05, 0.1) is 6.04 Å². The summed E-state index contributed by atoms with van der Waals surface area (Å²) >= 11 is 0. The van der Waals surface area contributed by atoms with Crippen LogP contribution in [0, 0.1) is 0 Å². The predicted octanol–water partition coefficient (Wildman–Crippen LogP) is 0.466. The van der Waals surface area contributed by atoms with Crippen molar-refractivity contribution in [1.29, 1.82) is 0 Å². The van der Waals surface area contributed by atoms with E-state index >= 15 is 0 Å². The Labute approximate surface area is 127 Å². The summed E-state index contributed by atoms with van der Waals surface area (Å²) in [6, 6.07) is 7.35. The summed E-state index contributed by atoms with van der Waals surface area (Å²) in [7, 11) is 0. The summed E-state index contributed by atoms with van der Waals surface area (Å²) in [5, 5.41) is 16.3. The maximum Gasteiger partial charge on any atom is 0.255 e. The van der Waals surface area contributed by atoms with Gasteiger partial charge in [0.2, 0.25) is 5.91 Å². The van der Waals surface area contributed by atoms with Crippen molar-refractivity contribution in [3.63, 3.8) is 0 Å². The number of fused-ring (bicyclic) bond motifs is 1. The number of hydrogen-bond acceptors (Lipinski definition) is 4. The lowest BCUT2D eigenvalue weighted by Crippen LogP contribution is -2.47. The third kappa shape index (κ3) is 3.03. The number of aliphatic hydroxyl groups is 1. The van der Waals surface area contributed by atoms with Crippen LogP contribution in [0.4, 0.5) is 0 Å². The van der Waals surface area contributed by atoms with Crippen LogP contribution in [0.3, 0.4) is 0 Å². The lowest BCUT2D eigenvalue weighted by atomic mass is 10.1. The van der Waals surface area contributed by atoms with Gasteiger partial charge in [-0.1, -0.05) is 18.2 Å². The molecule has 0 radical (unpaired) electrons. The van der Waals surface area contributed by atoms with Gasteiger partial charge in [0.25, 0.3) is 5.91 Å². The van der Waals surface area contributed by atoms with Crippen LogP contribution in [0.25, 0.3) is 10.9 Å². The number of rotatable bonds is 4. The van der Waals surface area contributed by atoms with Gasteiger partial charge in [0.1, 0.15) is 6.10 Å². The van der Waals surface area contributed by atoms with Crippen LogP contribution in [-0.2, 0) is 16.0 Å². The molecular formula is C16H19N3O3. The molecule has 2 aromatic rings. The van der Waals surface area contributed by atoms with Gasteiger partial charge < -0.3 is 15.4 Å². The average molecular weight is 301 g/mol. The van der Waals surface area contributed by atoms with Crippen molar-refractivity contribution in [2.45, 2.75) is 31.4 Å². The molecule has 2 heterocycles. The van der Waals surface area contributed by atoms with Gasteiger partial charge in [-0.05, 0) is 31.0 Å². The molecule has 2 atom stereocenters. The van der Waals surface area contributed by atoms with Crippen LogP contribution in [0.2, 0.25) is 0 Å². The Morgan fingerprint density at radius 3 is 2.95 bits per heavy atom. The Morgan fingerprint density at radius 2 is 2.18 bits per heavy atom. The van der Waals surface area contributed by atoms with Gasteiger partial charge in [0, 0.05) is 23.5 Å². The molecule has 1 aliphatic rings. The highest BCUT2D eigenvalue weighted by molar-refractivity contribution is 5.99. The van der Waals surface area contributed by atoms with Crippen LogP contribution >= 0.6 is 0 Å². The van der Waals surface area contributed by atoms with Crippen LogP contribution in [0.15, 0.2) is 30.5 Å². The maximum atomic E-state index is 12.0. The zero-order chi connectivity index (χ0) is 15.5. The minimum absolute atomic E-state index is 0.168. The van der Waals surface area contributed by atoms with Gasteiger partial charge >= 0.3 is 0 Å². The molecule has 0 aliphatic carbocycles. The molecular weight excluding hydrogens is 282 g/mol. The number of hydrogen-bond donors (Lipinski definition) is 4. The van der Waals surface area contributed by atoms with E-state index < -0.39 is 12.0 Å². The number of H-pyrrole nitrogens is 1. The smallest absolute Gasteiger partial charge is 0.255 e. The molecule has 1 aliphatic heterocycles. The summed E-state index contributed by atoms with van der Waals surface area (Å²) in [6.45, 7) is 0.782. The van der Waals surface area contributed by atoms with E-state index in [1.54, 1.807) is 6.20 Å². The first-order chi connectivity index (χ1) is 10.6. The molecule has 1 aromatic heterocycles. The van der Waals surface area contributed by atoms with Crippen molar-refractivity contribution in [3.05, 3.63) is 36.0 Å². The second-order valence-electron chi connectivity index (χ2n) is 5.58. The van der Waals surface area contributed by atoms with Gasteiger partial charge in [-0.15, -0.1) is 0 Å². The summed E-state index contributed by atoms with van der Waals surface area (Å²) in [5.41, 5.74) is 1.81. The van der Waals surface area contributed by atoms with Crippen molar-refractivity contribution in [1.82, 2.24) is 15.6 Å². The monoisotopic (exact) mass is 301 g/mol. The molecule has 6 nitrogen and oxygen atoms in total. The summed E-state index contributed by atoms with van der Waals surface area (Å²) in [6.07, 6.45) is 2.34. The van der Waals surface area contributed by atoms with E-state index in [0.717, 1.165) is 35.9 Å². The van der Waals surface area contributed by atoms with E-state index in [4.69, 9.17) is 0 Å². The lowest BCUT2D eigenvalue weighted by Gasteiger charge is -2.13. The van der Waals surface area contributed by atoms with Crippen LogP contribution < -0.4 is 10.6 Å². The molecule has 1 fully saturated rings. The minimum Gasteiger partial charge on any atom is -0.383 e. The van der Waals surface area contributed by atoms with Crippen molar-refractivity contribution in [2.75, 3.05) is 6.54 Å². The second kappa shape index (κ2) is 6.29. The van der Waals surface area contributed by atoms with E-state index in [1.807, 2.05) is 24.3 Å². The summed E-state index contributed by atoms with van der Waals surface area (Å²) in [4.78, 5) is 26.9. The topological polar surface area (TPSA) is 94.2 Å². The minimum atomic E-state index is -1.25. The maximum absolute atomic E-state index is 12.0. The first-order valence-corrected chi connectivity index (χ1v) is 7.46. The third-order valence-corrected chi connectivity index (χ3v) is 4.01. The number of aliphatic hydroxyl groups excluding tert-OH is 1. The first kappa shape index (κ1) is 14.7. The Bertz CT molecular complexity index is 689. The molecule has 116 valence electrons. The van der Waals surface area contributed by atoms with Crippen LogP contribution in [-0.4, -0.2) is 40.6 Å². The number of aromatic nitrogens is 1. The number of carbonyl (C=O) groups is 2. The average Bonchev–Trinajstić information content (AvgIpc) is 3.17. The van der Waals surface area contributed by atoms with E-state index in [0.29, 0.717) is 0 Å². The lowest BCUT2D eigenvalue weighted by molar-refractivity contribution is -0.136. The SMILES string of the molecule is O=C(NC(=O)C1CCCN1)C(O)Cc1c[nH]c2ccccc12. The molecule has 1 aromatic carbocycles. The highest BCUT2D eigenvalue weighted by Crippen LogP contribution is 2.19. The molecule has 1 saturated heterocycles. The molecule has 22 heavy (non-hydrogen) atoms. The van der Waals surface area contributed by atoms with Crippen molar-refractivity contribution < 1.29 is 14.7 Å². The van der Waals surface area contributed by atoms with Crippen LogP contribution in [0.1, 0.15) is 18.4 Å². The zero-order valence-corrected chi connectivity index (χ0v) is 12.1. The standard InChI is InChI=1S/C16H19N3O3/c20-14(16(22)19-15(21)13-6-3-7-17-13)8-10-9-18-12-5-2-1-4-11(10)12/h1-2,4-5,9,13-14,17-18,20H,3,6-8H2,(H,19,21,22). The molecule has 2 unspecified atom stereocenters. The highest BCUT2D eigenvalue weighted by Gasteiger charge is 2.26. The third-order valence-electron chi connectivity index (χ3n) is 4.01. The quantitative estimate of drug-likeness (QED) is 0.660. The fraction of sp³-hybridized carbons (Fsp3) is 0.375. The number of benzene rings is 1. The number of amides is 2. The Hall–Kier alpha value is -2.18. The predicted molar refractivity (Wildman–Crippen MR) is 82.2 cm³/mol. The Balaban J connectivity index is 1.62. The van der Waals surface area contributed by atoms with Gasteiger partial charge in [-0.25, -0.2) is 0 Å². The Morgan fingerprint density at radius 1 is 1.36 bits per heavy atom. The number of imide groups is 1. The normalized spacial score (nSPS) is 19.2. The molecule has 2 amide bonds. The second-order valence-corrected chi connectivity index (χ2v) is 5.58. The molecule has 0 saturated carbocycles. The van der Waals surface area contributed by atoms with Crippen molar-refractivity contribution in [2.24, 2.45) is 0 Å². The van der Waals surface area contributed by atoms with Gasteiger partial charge in [0.15, 0.2) is 0 Å². The number of carbonyl (C=O) groups excluding carboxylic acids is 2. The fourth-order valence-electron chi connectivity index (χ4n) is 2.80. The van der Waals surface area contributed by atoms with Crippen LogP contribution in [0.5, 0.6) is 0 Å². The largest absolute Gasteiger partial charge is 0.383 e. The number of aromatic amines is 1. The molecule has 0 spiro atoms. The van der Waals surface area contributed by atoms with E-state index in [2.05, 4.69) is 15.6 Å². The molecule has 6 heteroatoms. The highest BCUT2D eigenvalue weighted by atomic mass is 16.3.